The van der Waals surface area contributed by atoms with Gasteiger partial charge in [-0.1, -0.05) is 25.4 Å². The number of carbonyl (C=O) groups excluding carboxylic acids is 1. The standard InChI is InChI=1S/C17H23ClN2O2/c1-10(2)17(22-9-21)13-6-12(18)7-14-16(13)11(3)15(19-14)8-20(4)5/h6-7,9-10,17,19H,8H2,1-5H3. The highest BCUT2D eigenvalue weighted by atomic mass is 35.5. The molecule has 0 aliphatic rings. The first kappa shape index (κ1) is 16.8. The summed E-state index contributed by atoms with van der Waals surface area (Å²) >= 11 is 6.27. The van der Waals surface area contributed by atoms with Crippen molar-refractivity contribution in [2.75, 3.05) is 14.1 Å². The average molecular weight is 323 g/mol. The molecule has 5 heteroatoms. The molecule has 1 unspecified atom stereocenters. The van der Waals surface area contributed by atoms with E-state index < -0.39 is 0 Å². The van der Waals surface area contributed by atoms with Gasteiger partial charge >= 0.3 is 0 Å². The molecule has 1 aromatic heterocycles. The predicted octanol–water partition coefficient (Wildman–Crippen LogP) is 4.06. The van der Waals surface area contributed by atoms with E-state index in [1.54, 1.807) is 0 Å². The molecule has 0 radical (unpaired) electrons. The van der Waals surface area contributed by atoms with Gasteiger partial charge in [-0.3, -0.25) is 4.79 Å². The van der Waals surface area contributed by atoms with E-state index in [9.17, 15) is 4.79 Å². The molecule has 2 rings (SSSR count). The van der Waals surface area contributed by atoms with Crippen molar-refractivity contribution in [1.29, 1.82) is 0 Å². The molecule has 120 valence electrons. The topological polar surface area (TPSA) is 45.3 Å². The van der Waals surface area contributed by atoms with Crippen molar-refractivity contribution >= 4 is 29.0 Å². The lowest BCUT2D eigenvalue weighted by molar-refractivity contribution is -0.135. The SMILES string of the molecule is Cc1c(CN(C)C)[nH]c2cc(Cl)cc(C(OC=O)C(C)C)c12. The van der Waals surface area contributed by atoms with Crippen molar-refractivity contribution in [2.45, 2.75) is 33.4 Å². The van der Waals surface area contributed by atoms with E-state index in [4.69, 9.17) is 16.3 Å². The minimum Gasteiger partial charge on any atom is -0.459 e. The number of benzene rings is 1. The second kappa shape index (κ2) is 6.71. The lowest BCUT2D eigenvalue weighted by Gasteiger charge is -2.21. The van der Waals surface area contributed by atoms with Gasteiger partial charge in [-0.2, -0.15) is 0 Å². The predicted molar refractivity (Wildman–Crippen MR) is 90.2 cm³/mol. The Morgan fingerprint density at radius 3 is 2.59 bits per heavy atom. The van der Waals surface area contributed by atoms with Crippen molar-refractivity contribution in [2.24, 2.45) is 5.92 Å². The Balaban J connectivity index is 2.66. The molecule has 2 aromatic rings. The molecule has 0 aliphatic carbocycles. The first-order valence-corrected chi connectivity index (χ1v) is 7.77. The molecular weight excluding hydrogens is 300 g/mol. The summed E-state index contributed by atoms with van der Waals surface area (Å²) in [4.78, 5) is 16.4. The second-order valence-corrected chi connectivity index (χ2v) is 6.72. The zero-order chi connectivity index (χ0) is 16.4. The molecule has 22 heavy (non-hydrogen) atoms. The van der Waals surface area contributed by atoms with E-state index in [2.05, 4.69) is 16.8 Å². The van der Waals surface area contributed by atoms with Crippen molar-refractivity contribution in [1.82, 2.24) is 9.88 Å². The van der Waals surface area contributed by atoms with Crippen LogP contribution in [0.3, 0.4) is 0 Å². The minimum absolute atomic E-state index is 0.165. The van der Waals surface area contributed by atoms with Gasteiger partial charge in [0.2, 0.25) is 0 Å². The molecule has 0 fully saturated rings. The van der Waals surface area contributed by atoms with Gasteiger partial charge in [0.25, 0.3) is 6.47 Å². The maximum absolute atomic E-state index is 10.9. The molecule has 0 saturated carbocycles. The van der Waals surface area contributed by atoms with Crippen LogP contribution < -0.4 is 0 Å². The second-order valence-electron chi connectivity index (χ2n) is 6.28. The Morgan fingerprint density at radius 2 is 2.05 bits per heavy atom. The van der Waals surface area contributed by atoms with Crippen molar-refractivity contribution in [3.63, 3.8) is 0 Å². The highest BCUT2D eigenvalue weighted by molar-refractivity contribution is 6.31. The van der Waals surface area contributed by atoms with Crippen LogP contribution in [-0.4, -0.2) is 30.5 Å². The van der Waals surface area contributed by atoms with Crippen LogP contribution in [0.15, 0.2) is 12.1 Å². The van der Waals surface area contributed by atoms with Gasteiger partial charge in [0.15, 0.2) is 0 Å². The third kappa shape index (κ3) is 3.28. The van der Waals surface area contributed by atoms with Crippen molar-refractivity contribution < 1.29 is 9.53 Å². The number of hydrogen-bond acceptors (Lipinski definition) is 3. The summed E-state index contributed by atoms with van der Waals surface area (Å²) in [6.45, 7) is 7.49. The van der Waals surface area contributed by atoms with E-state index in [0.717, 1.165) is 28.7 Å². The zero-order valence-electron chi connectivity index (χ0n) is 13.7. The molecule has 0 aliphatic heterocycles. The Hall–Kier alpha value is -1.52. The highest BCUT2D eigenvalue weighted by Crippen LogP contribution is 2.36. The number of aromatic nitrogens is 1. The lowest BCUT2D eigenvalue weighted by atomic mass is 9.94. The van der Waals surface area contributed by atoms with Crippen LogP contribution >= 0.6 is 11.6 Å². The summed E-state index contributed by atoms with van der Waals surface area (Å²) in [7, 11) is 4.07. The Labute approximate surface area is 136 Å². The molecule has 0 amide bonds. The summed E-state index contributed by atoms with van der Waals surface area (Å²) < 4.78 is 5.33. The summed E-state index contributed by atoms with van der Waals surface area (Å²) in [6.07, 6.45) is -0.305. The van der Waals surface area contributed by atoms with Crippen LogP contribution in [-0.2, 0) is 16.1 Å². The van der Waals surface area contributed by atoms with Gasteiger partial charge in [0.1, 0.15) is 6.10 Å². The number of nitrogens with one attached hydrogen (secondary N) is 1. The number of aryl methyl sites for hydroxylation is 1. The minimum atomic E-state index is -0.305. The molecule has 1 atom stereocenters. The largest absolute Gasteiger partial charge is 0.459 e. The molecular formula is C17H23ClN2O2. The Kier molecular flexibility index (Phi) is 5.14. The van der Waals surface area contributed by atoms with Crippen molar-refractivity contribution in [3.8, 4) is 0 Å². The van der Waals surface area contributed by atoms with Crippen LogP contribution in [0.2, 0.25) is 5.02 Å². The summed E-state index contributed by atoms with van der Waals surface area (Å²) in [5, 5.41) is 1.74. The maximum atomic E-state index is 10.9. The molecule has 0 spiro atoms. The smallest absolute Gasteiger partial charge is 0.293 e. The number of rotatable bonds is 6. The third-order valence-electron chi connectivity index (χ3n) is 3.84. The van der Waals surface area contributed by atoms with E-state index in [-0.39, 0.29) is 12.0 Å². The van der Waals surface area contributed by atoms with Crippen LogP contribution in [0, 0.1) is 12.8 Å². The fraction of sp³-hybridized carbons (Fsp3) is 0.471. The summed E-state index contributed by atoms with van der Waals surface area (Å²) in [5.41, 5.74) is 4.27. The number of nitrogens with zero attached hydrogens (tertiary/aromatic N) is 1. The number of H-pyrrole nitrogens is 1. The van der Waals surface area contributed by atoms with Gasteiger partial charge in [0, 0.05) is 33.7 Å². The van der Waals surface area contributed by atoms with Gasteiger partial charge in [-0.05, 0) is 44.6 Å². The number of aromatic amines is 1. The van der Waals surface area contributed by atoms with E-state index in [1.165, 1.54) is 5.56 Å². The fourth-order valence-corrected chi connectivity index (χ4v) is 3.13. The van der Waals surface area contributed by atoms with Gasteiger partial charge in [0.05, 0.1) is 0 Å². The monoisotopic (exact) mass is 322 g/mol. The first-order valence-electron chi connectivity index (χ1n) is 7.39. The van der Waals surface area contributed by atoms with Crippen LogP contribution in [0.25, 0.3) is 10.9 Å². The van der Waals surface area contributed by atoms with Crippen LogP contribution in [0.1, 0.15) is 36.8 Å². The number of carbonyl (C=O) groups is 1. The van der Waals surface area contributed by atoms with E-state index >= 15 is 0 Å². The van der Waals surface area contributed by atoms with E-state index in [0.29, 0.717) is 11.5 Å². The first-order chi connectivity index (χ1) is 10.3. The van der Waals surface area contributed by atoms with Gasteiger partial charge in [-0.15, -0.1) is 0 Å². The van der Waals surface area contributed by atoms with E-state index in [1.807, 2.05) is 40.1 Å². The fourth-order valence-electron chi connectivity index (χ4n) is 2.90. The average Bonchev–Trinajstić information content (AvgIpc) is 2.70. The Morgan fingerprint density at radius 1 is 1.36 bits per heavy atom. The molecule has 0 saturated heterocycles. The number of halogens is 1. The third-order valence-corrected chi connectivity index (χ3v) is 4.05. The lowest BCUT2D eigenvalue weighted by Crippen LogP contribution is -2.12. The molecule has 4 nitrogen and oxygen atoms in total. The maximum Gasteiger partial charge on any atom is 0.293 e. The Bertz CT molecular complexity index is 677. The summed E-state index contributed by atoms with van der Waals surface area (Å²) in [6, 6.07) is 3.82. The molecule has 1 heterocycles. The number of hydrogen-bond donors (Lipinski definition) is 1. The normalized spacial score (nSPS) is 13.1. The summed E-state index contributed by atoms with van der Waals surface area (Å²) in [5.74, 6) is 0.165. The van der Waals surface area contributed by atoms with Crippen LogP contribution in [0.5, 0.6) is 0 Å². The number of fused-ring (bicyclic) bond motifs is 1. The van der Waals surface area contributed by atoms with Gasteiger partial charge < -0.3 is 14.6 Å². The van der Waals surface area contributed by atoms with Crippen LogP contribution in [0.4, 0.5) is 0 Å². The zero-order valence-corrected chi connectivity index (χ0v) is 14.5. The van der Waals surface area contributed by atoms with Gasteiger partial charge in [-0.25, -0.2) is 0 Å². The molecule has 1 aromatic carbocycles. The van der Waals surface area contributed by atoms with Crippen molar-refractivity contribution in [3.05, 3.63) is 34.0 Å². The highest BCUT2D eigenvalue weighted by Gasteiger charge is 2.23. The molecule has 0 bridgehead atoms. The quantitative estimate of drug-likeness (QED) is 0.816. The number of ether oxygens (including phenoxy) is 1. The molecule has 1 N–H and O–H groups in total.